The van der Waals surface area contributed by atoms with Gasteiger partial charge in [0.2, 0.25) is 0 Å². The fraction of sp³-hybridized carbons (Fsp3) is 0.977. The van der Waals surface area contributed by atoms with Gasteiger partial charge in [0.1, 0.15) is 5.78 Å². The molecule has 6 aliphatic carbocycles. The molecule has 0 radical (unpaired) electrons. The van der Waals surface area contributed by atoms with Gasteiger partial charge in [-0.3, -0.25) is 4.79 Å². The van der Waals surface area contributed by atoms with Gasteiger partial charge in [0.05, 0.1) is 13.2 Å². The third-order valence-electron chi connectivity index (χ3n) is 15.5. The fourth-order valence-electron chi connectivity index (χ4n) is 11.6. The maximum absolute atomic E-state index is 11.5. The summed E-state index contributed by atoms with van der Waals surface area (Å²) in [5.41, 5.74) is 3.31. The van der Waals surface area contributed by atoms with E-state index in [1.54, 1.807) is 25.7 Å². The van der Waals surface area contributed by atoms with Crippen LogP contribution in [0.2, 0.25) is 0 Å². The van der Waals surface area contributed by atoms with Gasteiger partial charge < -0.3 is 20.7 Å². The molecular weight excluding hydrogens is 590 g/mol. The highest BCUT2D eigenvalue weighted by atomic mass is 16.5. The Kier molecular flexibility index (Phi) is 13.8. The Morgan fingerprint density at radius 2 is 0.792 bits per heavy atom. The minimum absolute atomic E-state index is 0.130. The van der Waals surface area contributed by atoms with Gasteiger partial charge in [-0.05, 0) is 145 Å². The molecule has 10 rings (SSSR count). The van der Waals surface area contributed by atoms with E-state index in [0.717, 1.165) is 74.7 Å². The molecule has 0 amide bonds. The van der Waals surface area contributed by atoms with Crippen LogP contribution in [-0.2, 0) is 9.53 Å². The molecule has 0 atom stereocenters. The van der Waals surface area contributed by atoms with Crippen LogP contribution in [0.4, 0.5) is 0 Å². The second kappa shape index (κ2) is 17.8. The zero-order valence-electron chi connectivity index (χ0n) is 31.5. The van der Waals surface area contributed by atoms with Crippen LogP contribution in [0, 0.1) is 27.1 Å². The lowest BCUT2D eigenvalue weighted by atomic mass is 9.61. The summed E-state index contributed by atoms with van der Waals surface area (Å²) in [6.45, 7) is 9.40. The van der Waals surface area contributed by atoms with E-state index < -0.39 is 0 Å². The summed E-state index contributed by atoms with van der Waals surface area (Å²) in [6, 6.07) is 0. The highest BCUT2D eigenvalue weighted by molar-refractivity contribution is 5.86. The number of nitrogens with one attached hydrogen (secondary N) is 3. The van der Waals surface area contributed by atoms with Crippen molar-refractivity contribution in [2.75, 3.05) is 52.5 Å². The van der Waals surface area contributed by atoms with Crippen molar-refractivity contribution in [1.82, 2.24) is 16.0 Å². The van der Waals surface area contributed by atoms with Crippen LogP contribution >= 0.6 is 0 Å². The average molecular weight is 668 g/mol. The summed E-state index contributed by atoms with van der Waals surface area (Å²) in [6.07, 6.45) is 41.3. The Bertz CT molecular complexity index is 857. The number of carbonyl (C=O) groups is 1. The monoisotopic (exact) mass is 668 g/mol. The van der Waals surface area contributed by atoms with Crippen LogP contribution in [0.15, 0.2) is 0 Å². The van der Waals surface area contributed by atoms with E-state index in [2.05, 4.69) is 16.0 Å². The van der Waals surface area contributed by atoms with E-state index >= 15 is 0 Å². The molecule has 48 heavy (non-hydrogen) atoms. The maximum atomic E-state index is 11.5. The minimum atomic E-state index is 0.130. The molecule has 10 fully saturated rings. The molecule has 5 spiro atoms. The van der Waals surface area contributed by atoms with Gasteiger partial charge >= 0.3 is 0 Å². The summed E-state index contributed by atoms with van der Waals surface area (Å²) in [5.74, 6) is 0.541. The lowest BCUT2D eigenvalue weighted by Crippen LogP contribution is -2.54. The molecule has 3 N–H and O–H groups in total. The van der Waals surface area contributed by atoms with Crippen molar-refractivity contribution >= 4 is 5.78 Å². The summed E-state index contributed by atoms with van der Waals surface area (Å²) in [7, 11) is 0. The fourth-order valence-corrected chi connectivity index (χ4v) is 11.6. The van der Waals surface area contributed by atoms with Gasteiger partial charge in [0.15, 0.2) is 0 Å². The van der Waals surface area contributed by atoms with Crippen molar-refractivity contribution < 1.29 is 9.53 Å². The van der Waals surface area contributed by atoms with E-state index in [-0.39, 0.29) is 5.41 Å². The van der Waals surface area contributed by atoms with E-state index in [9.17, 15) is 4.79 Å². The van der Waals surface area contributed by atoms with Crippen molar-refractivity contribution in [2.45, 2.75) is 186 Å². The molecular formula is C43H77N3O2. The average Bonchev–Trinajstić information content (AvgIpc) is 3.71. The number of piperidine rings is 2. The van der Waals surface area contributed by atoms with Crippen LogP contribution in [0.3, 0.4) is 0 Å². The quantitative estimate of drug-likeness (QED) is 0.240. The molecule has 5 heteroatoms. The number of carbonyl (C=O) groups excluding carboxylic acids is 1. The Labute approximate surface area is 296 Å². The molecule has 6 saturated carbocycles. The zero-order valence-corrected chi connectivity index (χ0v) is 31.5. The van der Waals surface area contributed by atoms with Crippen molar-refractivity contribution in [3.8, 4) is 0 Å². The SMILES string of the molecule is C1CCC2(C1)CCNCC2.C1CCC2(CC1)CCC2.C1CCC2(CC1)CNC2.C1CCC2(CC1)COC2.O=C1CCCC12CCNCC2. The summed E-state index contributed by atoms with van der Waals surface area (Å²) in [5, 5.41) is 10.1. The first-order valence-electron chi connectivity index (χ1n) is 21.7. The number of hydrogen-bond acceptors (Lipinski definition) is 5. The molecule has 10 aliphatic rings. The third kappa shape index (κ3) is 9.88. The van der Waals surface area contributed by atoms with Crippen molar-refractivity contribution in [2.24, 2.45) is 27.1 Å². The van der Waals surface area contributed by atoms with E-state index in [0.29, 0.717) is 11.2 Å². The molecule has 276 valence electrons. The molecule has 5 nitrogen and oxygen atoms in total. The van der Waals surface area contributed by atoms with E-state index in [4.69, 9.17) is 4.74 Å². The molecule has 0 aromatic carbocycles. The van der Waals surface area contributed by atoms with Gasteiger partial charge in [-0.25, -0.2) is 0 Å². The van der Waals surface area contributed by atoms with Crippen LogP contribution in [-0.4, -0.2) is 58.3 Å². The second-order valence-corrected chi connectivity index (χ2v) is 18.9. The molecule has 0 aromatic heterocycles. The third-order valence-corrected chi connectivity index (χ3v) is 15.5. The van der Waals surface area contributed by atoms with Crippen LogP contribution in [0.1, 0.15) is 186 Å². The summed E-state index contributed by atoms with van der Waals surface area (Å²) < 4.78 is 5.22. The number of ether oxygens (including phenoxy) is 1. The zero-order chi connectivity index (χ0) is 33.1. The van der Waals surface area contributed by atoms with Crippen LogP contribution in [0.25, 0.3) is 0 Å². The predicted molar refractivity (Wildman–Crippen MR) is 200 cm³/mol. The lowest BCUT2D eigenvalue weighted by molar-refractivity contribution is -0.130. The number of rotatable bonds is 0. The molecule has 4 aliphatic heterocycles. The van der Waals surface area contributed by atoms with Crippen molar-refractivity contribution in [3.63, 3.8) is 0 Å². The Balaban J connectivity index is 0.000000105. The number of ketones is 1. The van der Waals surface area contributed by atoms with Gasteiger partial charge in [-0.2, -0.15) is 0 Å². The molecule has 0 aromatic rings. The highest BCUT2D eigenvalue weighted by Gasteiger charge is 2.42. The van der Waals surface area contributed by atoms with E-state index in [1.165, 1.54) is 155 Å². The maximum Gasteiger partial charge on any atom is 0.139 e. The standard InChI is InChI=1S/C9H15NO.C9H17N.C9H16.C8H15N.C8H14O/c11-8-2-1-3-9(8)4-6-10-7-5-9;1-2-4-9(3-1)5-7-10-8-6-9;1-2-5-9(6-3-1)7-4-8-9;2*1-2-4-8(5-3-1)6-9-7-8/h10H,1-7H2;10H,1-8H2;1-8H2;9H,1-7H2;1-7H2. The minimum Gasteiger partial charge on any atom is -0.380 e. The first kappa shape index (κ1) is 37.3. The summed E-state index contributed by atoms with van der Waals surface area (Å²) >= 11 is 0. The molecule has 0 bridgehead atoms. The first-order chi connectivity index (χ1) is 23.5. The highest BCUT2D eigenvalue weighted by Crippen LogP contribution is 2.51. The Morgan fingerprint density at radius 1 is 0.375 bits per heavy atom. The topological polar surface area (TPSA) is 62.4 Å². The smallest absolute Gasteiger partial charge is 0.139 e. The lowest BCUT2D eigenvalue weighted by Gasteiger charge is -2.45. The molecule has 4 saturated heterocycles. The van der Waals surface area contributed by atoms with Gasteiger partial charge in [-0.15, -0.1) is 0 Å². The van der Waals surface area contributed by atoms with Gasteiger partial charge in [0, 0.05) is 30.3 Å². The number of Topliss-reactive ketones (excluding diaryl/α,β-unsaturated/α-hetero) is 1. The van der Waals surface area contributed by atoms with Gasteiger partial charge in [-0.1, -0.05) is 77.0 Å². The molecule has 4 heterocycles. The van der Waals surface area contributed by atoms with Gasteiger partial charge in [0.25, 0.3) is 0 Å². The summed E-state index contributed by atoms with van der Waals surface area (Å²) in [4.78, 5) is 11.5. The first-order valence-corrected chi connectivity index (χ1v) is 21.7. The normalized spacial score (nSPS) is 31.3. The largest absolute Gasteiger partial charge is 0.380 e. The Morgan fingerprint density at radius 3 is 1.12 bits per heavy atom. The van der Waals surface area contributed by atoms with Crippen molar-refractivity contribution in [1.29, 1.82) is 0 Å². The second-order valence-electron chi connectivity index (χ2n) is 18.9. The van der Waals surface area contributed by atoms with Crippen LogP contribution in [0.5, 0.6) is 0 Å². The predicted octanol–water partition coefficient (Wildman–Crippen LogP) is 9.67. The van der Waals surface area contributed by atoms with Crippen molar-refractivity contribution in [3.05, 3.63) is 0 Å². The number of hydrogen-bond donors (Lipinski definition) is 3. The van der Waals surface area contributed by atoms with Crippen LogP contribution < -0.4 is 16.0 Å². The molecule has 0 unspecified atom stereocenters. The van der Waals surface area contributed by atoms with E-state index in [1.807, 2.05) is 0 Å². The Hall–Kier alpha value is -0.490.